The summed E-state index contributed by atoms with van der Waals surface area (Å²) < 4.78 is 6.33. The van der Waals surface area contributed by atoms with Crippen LogP contribution in [0.5, 0.6) is 5.75 Å². The molecular weight excluding hydrogens is 408 g/mol. The summed E-state index contributed by atoms with van der Waals surface area (Å²) in [5.74, 6) is 0.671. The van der Waals surface area contributed by atoms with Crippen LogP contribution in [-0.2, 0) is 11.2 Å². The second-order valence-electron chi connectivity index (χ2n) is 9.20. The summed E-state index contributed by atoms with van der Waals surface area (Å²) in [4.78, 5) is 27.4. The molecule has 0 aromatic heterocycles. The van der Waals surface area contributed by atoms with Gasteiger partial charge in [-0.25, -0.2) is 4.79 Å². The molecule has 1 aliphatic carbocycles. The molecule has 1 heterocycles. The molecule has 3 atom stereocenters. The van der Waals surface area contributed by atoms with E-state index in [9.17, 15) is 14.7 Å². The summed E-state index contributed by atoms with van der Waals surface area (Å²) in [6.07, 6.45) is 5.59. The van der Waals surface area contributed by atoms with Gasteiger partial charge in [0.2, 0.25) is 5.91 Å². The van der Waals surface area contributed by atoms with Gasteiger partial charge in [0.1, 0.15) is 11.9 Å². The summed E-state index contributed by atoms with van der Waals surface area (Å²) in [6, 6.07) is 5.20. The Bertz CT molecular complexity index is 781. The first kappa shape index (κ1) is 24.3. The summed E-state index contributed by atoms with van der Waals surface area (Å²) in [7, 11) is 1.88. The molecule has 8 heteroatoms. The number of urea groups is 1. The van der Waals surface area contributed by atoms with E-state index in [1.165, 1.54) is 6.42 Å². The molecule has 1 aromatic carbocycles. The average Bonchev–Trinajstić information content (AvgIpc) is 2.82. The Balaban J connectivity index is 1.80. The van der Waals surface area contributed by atoms with Crippen LogP contribution in [0.3, 0.4) is 0 Å². The van der Waals surface area contributed by atoms with E-state index < -0.39 is 0 Å². The number of nitrogens with zero attached hydrogens (tertiary/aromatic N) is 1. The van der Waals surface area contributed by atoms with Gasteiger partial charge >= 0.3 is 6.03 Å². The lowest BCUT2D eigenvalue weighted by atomic mass is 9.96. The Morgan fingerprint density at radius 3 is 2.72 bits per heavy atom. The Hall–Kier alpha value is -2.32. The average molecular weight is 447 g/mol. The standard InChI is InChI=1S/C24H38N4O4/c1-16-14-28(17(2)15-29)23(30)12-18-11-20(9-10-21(18)32-22(16)13-25-3)27-24(31)26-19-7-5-4-6-8-19/h9-11,16-17,19,22,25,29H,4-8,12-15H2,1-3H3,(H2,26,27,31)/t16-,17+,22+/m1/s1. The number of benzene rings is 1. The highest BCUT2D eigenvalue weighted by atomic mass is 16.5. The zero-order chi connectivity index (χ0) is 23.1. The number of rotatable bonds is 6. The molecule has 1 saturated carbocycles. The molecular formula is C24H38N4O4. The van der Waals surface area contributed by atoms with Crippen LogP contribution in [0.15, 0.2) is 18.2 Å². The van der Waals surface area contributed by atoms with Crippen LogP contribution >= 0.6 is 0 Å². The Kier molecular flexibility index (Phi) is 8.75. The molecule has 3 amide bonds. The van der Waals surface area contributed by atoms with E-state index in [2.05, 4.69) is 22.9 Å². The smallest absolute Gasteiger partial charge is 0.319 e. The van der Waals surface area contributed by atoms with Gasteiger partial charge in [0.25, 0.3) is 0 Å². The lowest BCUT2D eigenvalue weighted by Crippen LogP contribution is -2.47. The first-order valence-corrected chi connectivity index (χ1v) is 11.8. The van der Waals surface area contributed by atoms with Crippen molar-refractivity contribution in [1.82, 2.24) is 15.5 Å². The Morgan fingerprint density at radius 1 is 1.28 bits per heavy atom. The molecule has 8 nitrogen and oxygen atoms in total. The monoisotopic (exact) mass is 446 g/mol. The van der Waals surface area contributed by atoms with Crippen LogP contribution in [0.2, 0.25) is 0 Å². The summed E-state index contributed by atoms with van der Waals surface area (Å²) in [5.41, 5.74) is 1.36. The first-order chi connectivity index (χ1) is 15.4. The van der Waals surface area contributed by atoms with Crippen LogP contribution in [0.4, 0.5) is 10.5 Å². The minimum absolute atomic E-state index is 0.0582. The van der Waals surface area contributed by atoms with Gasteiger partial charge in [-0.15, -0.1) is 0 Å². The van der Waals surface area contributed by atoms with Gasteiger partial charge < -0.3 is 30.7 Å². The zero-order valence-electron chi connectivity index (χ0n) is 19.5. The molecule has 2 aliphatic rings. The predicted octanol–water partition coefficient (Wildman–Crippen LogP) is 2.51. The number of carbonyl (C=O) groups is 2. The highest BCUT2D eigenvalue weighted by molar-refractivity contribution is 5.90. The zero-order valence-corrected chi connectivity index (χ0v) is 19.5. The van der Waals surface area contributed by atoms with Crippen molar-refractivity contribution in [3.8, 4) is 5.75 Å². The number of anilines is 1. The van der Waals surface area contributed by atoms with Crippen molar-refractivity contribution in [2.45, 2.75) is 70.6 Å². The largest absolute Gasteiger partial charge is 0.488 e. The van der Waals surface area contributed by atoms with Crippen molar-refractivity contribution < 1.29 is 19.4 Å². The third-order valence-electron chi connectivity index (χ3n) is 6.52. The second kappa shape index (κ2) is 11.5. The van der Waals surface area contributed by atoms with Crippen molar-refractivity contribution in [2.24, 2.45) is 5.92 Å². The van der Waals surface area contributed by atoms with Gasteiger partial charge in [0.15, 0.2) is 0 Å². The minimum Gasteiger partial charge on any atom is -0.488 e. The van der Waals surface area contributed by atoms with Crippen LogP contribution in [0.1, 0.15) is 51.5 Å². The third-order valence-corrected chi connectivity index (χ3v) is 6.52. The number of nitrogens with one attached hydrogen (secondary N) is 3. The molecule has 1 aromatic rings. The van der Waals surface area contributed by atoms with Crippen molar-refractivity contribution >= 4 is 17.6 Å². The van der Waals surface area contributed by atoms with Crippen molar-refractivity contribution in [1.29, 1.82) is 0 Å². The van der Waals surface area contributed by atoms with Crippen LogP contribution in [0, 0.1) is 5.92 Å². The fourth-order valence-corrected chi connectivity index (χ4v) is 4.55. The van der Waals surface area contributed by atoms with Crippen molar-refractivity contribution in [2.75, 3.05) is 32.1 Å². The van der Waals surface area contributed by atoms with E-state index in [0.29, 0.717) is 24.5 Å². The fourth-order valence-electron chi connectivity index (χ4n) is 4.55. The van der Waals surface area contributed by atoms with Crippen LogP contribution in [0.25, 0.3) is 0 Å². The summed E-state index contributed by atoms with van der Waals surface area (Å²) >= 11 is 0. The van der Waals surface area contributed by atoms with Gasteiger partial charge in [-0.2, -0.15) is 0 Å². The quantitative estimate of drug-likeness (QED) is 0.538. The molecule has 3 rings (SSSR count). The number of aliphatic hydroxyl groups excluding tert-OH is 1. The number of fused-ring (bicyclic) bond motifs is 1. The van der Waals surface area contributed by atoms with E-state index in [1.807, 2.05) is 32.2 Å². The predicted molar refractivity (Wildman–Crippen MR) is 125 cm³/mol. The van der Waals surface area contributed by atoms with Gasteiger partial charge in [0, 0.05) is 36.3 Å². The summed E-state index contributed by atoms with van der Waals surface area (Å²) in [6.45, 7) is 4.97. The van der Waals surface area contributed by atoms with Crippen molar-refractivity contribution in [3.63, 3.8) is 0 Å². The van der Waals surface area contributed by atoms with E-state index in [-0.39, 0.29) is 49.1 Å². The number of amides is 3. The lowest BCUT2D eigenvalue weighted by molar-refractivity contribution is -0.134. The molecule has 0 bridgehead atoms. The minimum atomic E-state index is -0.274. The molecule has 0 saturated heterocycles. The molecule has 1 fully saturated rings. The maximum Gasteiger partial charge on any atom is 0.319 e. The van der Waals surface area contributed by atoms with E-state index in [1.54, 1.807) is 4.90 Å². The van der Waals surface area contributed by atoms with Gasteiger partial charge in [-0.1, -0.05) is 26.2 Å². The molecule has 4 N–H and O–H groups in total. The third kappa shape index (κ3) is 6.36. The molecule has 32 heavy (non-hydrogen) atoms. The highest BCUT2D eigenvalue weighted by Crippen LogP contribution is 2.29. The molecule has 0 radical (unpaired) electrons. The SMILES string of the molecule is CNC[C@@H]1Oc2ccc(NC(=O)NC3CCCCC3)cc2CC(=O)N([C@@H](C)CO)C[C@H]1C. The van der Waals surface area contributed by atoms with Crippen molar-refractivity contribution in [3.05, 3.63) is 23.8 Å². The van der Waals surface area contributed by atoms with E-state index in [0.717, 1.165) is 31.2 Å². The van der Waals surface area contributed by atoms with Crippen LogP contribution in [-0.4, -0.2) is 66.9 Å². The number of hydrogen-bond donors (Lipinski definition) is 4. The van der Waals surface area contributed by atoms with E-state index >= 15 is 0 Å². The maximum absolute atomic E-state index is 13.1. The fraction of sp³-hybridized carbons (Fsp3) is 0.667. The Morgan fingerprint density at radius 2 is 2.03 bits per heavy atom. The maximum atomic E-state index is 13.1. The normalized spacial score (nSPS) is 23.2. The van der Waals surface area contributed by atoms with Gasteiger partial charge in [-0.3, -0.25) is 4.79 Å². The Labute approximate surface area is 191 Å². The van der Waals surface area contributed by atoms with Gasteiger partial charge in [0.05, 0.1) is 19.1 Å². The summed E-state index contributed by atoms with van der Waals surface area (Å²) in [5, 5.41) is 18.8. The molecule has 1 aliphatic heterocycles. The number of likely N-dealkylation sites (N-methyl/N-ethyl adjacent to an activating group) is 1. The number of ether oxygens (including phenoxy) is 1. The number of aliphatic hydroxyl groups is 1. The second-order valence-corrected chi connectivity index (χ2v) is 9.20. The topological polar surface area (TPSA) is 103 Å². The van der Waals surface area contributed by atoms with E-state index in [4.69, 9.17) is 4.74 Å². The van der Waals surface area contributed by atoms with Gasteiger partial charge in [-0.05, 0) is 45.0 Å². The molecule has 178 valence electrons. The first-order valence-electron chi connectivity index (χ1n) is 11.8. The van der Waals surface area contributed by atoms with Crippen LogP contribution < -0.4 is 20.7 Å². The lowest BCUT2D eigenvalue weighted by Gasteiger charge is -2.32. The number of hydrogen-bond acceptors (Lipinski definition) is 5. The highest BCUT2D eigenvalue weighted by Gasteiger charge is 2.30. The number of carbonyl (C=O) groups excluding carboxylic acids is 2. The molecule has 0 unspecified atom stereocenters. The molecule has 0 spiro atoms.